The summed E-state index contributed by atoms with van der Waals surface area (Å²) in [5.74, 6) is -1.01. The Balaban J connectivity index is 1.94. The lowest BCUT2D eigenvalue weighted by Crippen LogP contribution is -2.35. The number of para-hydroxylation sites is 1. The maximum Gasteiger partial charge on any atom is 0.313 e. The molecule has 0 fully saturated rings. The van der Waals surface area contributed by atoms with E-state index in [4.69, 9.17) is 0 Å². The summed E-state index contributed by atoms with van der Waals surface area (Å²) < 4.78 is 0. The van der Waals surface area contributed by atoms with E-state index in [1.807, 2.05) is 62.4 Å². The maximum absolute atomic E-state index is 12.1. The third kappa shape index (κ3) is 4.69. The predicted molar refractivity (Wildman–Crippen MR) is 96.8 cm³/mol. The van der Waals surface area contributed by atoms with Crippen molar-refractivity contribution < 1.29 is 9.59 Å². The largest absolute Gasteiger partial charge is 0.344 e. The van der Waals surface area contributed by atoms with Gasteiger partial charge in [0.15, 0.2) is 0 Å². The molecule has 2 aromatic rings. The van der Waals surface area contributed by atoms with Crippen LogP contribution < -0.4 is 10.6 Å². The highest BCUT2D eigenvalue weighted by Gasteiger charge is 2.15. The average molecular weight is 324 g/mol. The summed E-state index contributed by atoms with van der Waals surface area (Å²) in [6.45, 7) is 6.52. The first kappa shape index (κ1) is 17.7. The monoisotopic (exact) mass is 324 g/mol. The van der Waals surface area contributed by atoms with Crippen molar-refractivity contribution in [2.75, 3.05) is 5.32 Å². The fourth-order valence-electron chi connectivity index (χ4n) is 2.45. The standard InChI is InChI=1S/C20H24N2O2/c1-4-15-9-11-16(12-10-15)13-21-19(23)20(24)22-18-8-6-5-7-17(18)14(2)3/h5-12,14H,4,13H2,1-3H3,(H,21,23)(H,22,24). The van der Waals surface area contributed by atoms with Crippen LogP contribution in [-0.2, 0) is 22.6 Å². The minimum absolute atomic E-state index is 0.265. The first-order valence-electron chi connectivity index (χ1n) is 8.27. The van der Waals surface area contributed by atoms with Gasteiger partial charge in [0.05, 0.1) is 0 Å². The average Bonchev–Trinajstić information content (AvgIpc) is 2.60. The molecule has 4 nitrogen and oxygen atoms in total. The van der Waals surface area contributed by atoms with Crippen molar-refractivity contribution in [2.24, 2.45) is 0 Å². The molecule has 0 saturated heterocycles. The zero-order chi connectivity index (χ0) is 17.5. The Hall–Kier alpha value is -2.62. The van der Waals surface area contributed by atoms with Crippen LogP contribution in [0.2, 0.25) is 0 Å². The molecule has 0 aromatic heterocycles. The van der Waals surface area contributed by atoms with Crippen molar-refractivity contribution in [3.05, 3.63) is 65.2 Å². The summed E-state index contributed by atoms with van der Waals surface area (Å²) in [5, 5.41) is 5.35. The van der Waals surface area contributed by atoms with Crippen molar-refractivity contribution >= 4 is 17.5 Å². The number of anilines is 1. The Morgan fingerprint density at radius 3 is 2.17 bits per heavy atom. The molecule has 2 aromatic carbocycles. The molecule has 0 spiro atoms. The Morgan fingerprint density at radius 1 is 0.917 bits per heavy atom. The molecule has 0 unspecified atom stereocenters. The summed E-state index contributed by atoms with van der Waals surface area (Å²) in [7, 11) is 0. The molecule has 0 radical (unpaired) electrons. The number of amides is 2. The zero-order valence-electron chi connectivity index (χ0n) is 14.4. The highest BCUT2D eigenvalue weighted by Crippen LogP contribution is 2.23. The van der Waals surface area contributed by atoms with Gasteiger partial charge >= 0.3 is 11.8 Å². The molecule has 0 saturated carbocycles. The molecule has 126 valence electrons. The lowest BCUT2D eigenvalue weighted by Gasteiger charge is -2.13. The van der Waals surface area contributed by atoms with Crippen LogP contribution in [0.1, 0.15) is 43.4 Å². The molecule has 0 heterocycles. The van der Waals surface area contributed by atoms with E-state index in [0.29, 0.717) is 12.2 Å². The van der Waals surface area contributed by atoms with Crippen LogP contribution in [-0.4, -0.2) is 11.8 Å². The molecule has 2 rings (SSSR count). The van der Waals surface area contributed by atoms with E-state index in [2.05, 4.69) is 17.6 Å². The van der Waals surface area contributed by atoms with E-state index in [1.165, 1.54) is 5.56 Å². The third-order valence-electron chi connectivity index (χ3n) is 3.92. The molecule has 0 atom stereocenters. The third-order valence-corrected chi connectivity index (χ3v) is 3.92. The van der Waals surface area contributed by atoms with Gasteiger partial charge in [0.1, 0.15) is 0 Å². The Kier molecular flexibility index (Phi) is 6.13. The van der Waals surface area contributed by atoms with E-state index in [0.717, 1.165) is 17.5 Å². The summed E-state index contributed by atoms with van der Waals surface area (Å²) in [4.78, 5) is 24.1. The van der Waals surface area contributed by atoms with Gasteiger partial charge in [-0.15, -0.1) is 0 Å². The second-order valence-electron chi connectivity index (χ2n) is 6.05. The van der Waals surface area contributed by atoms with Gasteiger partial charge < -0.3 is 10.6 Å². The normalized spacial score (nSPS) is 10.5. The smallest absolute Gasteiger partial charge is 0.313 e. The minimum Gasteiger partial charge on any atom is -0.344 e. The van der Waals surface area contributed by atoms with Gasteiger partial charge in [-0.1, -0.05) is 63.2 Å². The Bertz CT molecular complexity index is 706. The second kappa shape index (κ2) is 8.29. The fourth-order valence-corrected chi connectivity index (χ4v) is 2.45. The highest BCUT2D eigenvalue weighted by atomic mass is 16.2. The minimum atomic E-state index is -0.645. The topological polar surface area (TPSA) is 58.2 Å². The lowest BCUT2D eigenvalue weighted by atomic mass is 10.0. The van der Waals surface area contributed by atoms with Crippen molar-refractivity contribution in [3.63, 3.8) is 0 Å². The molecule has 0 aliphatic carbocycles. The summed E-state index contributed by atoms with van der Waals surface area (Å²) in [6, 6.07) is 15.5. The van der Waals surface area contributed by atoms with E-state index < -0.39 is 11.8 Å². The van der Waals surface area contributed by atoms with Crippen molar-refractivity contribution in [2.45, 2.75) is 39.7 Å². The van der Waals surface area contributed by atoms with Crippen LogP contribution in [0.15, 0.2) is 48.5 Å². The van der Waals surface area contributed by atoms with Gasteiger partial charge in [0.2, 0.25) is 0 Å². The fraction of sp³-hybridized carbons (Fsp3) is 0.300. The molecule has 2 amide bonds. The number of rotatable bonds is 5. The van der Waals surface area contributed by atoms with Gasteiger partial charge in [0, 0.05) is 12.2 Å². The number of benzene rings is 2. The van der Waals surface area contributed by atoms with Gasteiger partial charge in [0.25, 0.3) is 0 Å². The van der Waals surface area contributed by atoms with Crippen molar-refractivity contribution in [3.8, 4) is 0 Å². The Morgan fingerprint density at radius 2 is 1.54 bits per heavy atom. The number of nitrogens with one attached hydrogen (secondary N) is 2. The second-order valence-corrected chi connectivity index (χ2v) is 6.05. The van der Waals surface area contributed by atoms with Crippen LogP contribution >= 0.6 is 0 Å². The van der Waals surface area contributed by atoms with Gasteiger partial charge in [-0.25, -0.2) is 0 Å². The van der Waals surface area contributed by atoms with Gasteiger partial charge in [-0.3, -0.25) is 9.59 Å². The SMILES string of the molecule is CCc1ccc(CNC(=O)C(=O)Nc2ccccc2C(C)C)cc1. The van der Waals surface area contributed by atoms with E-state index in [1.54, 1.807) is 0 Å². The van der Waals surface area contributed by atoms with E-state index in [9.17, 15) is 9.59 Å². The number of hydrogen-bond donors (Lipinski definition) is 2. The van der Waals surface area contributed by atoms with Crippen LogP contribution in [0.4, 0.5) is 5.69 Å². The van der Waals surface area contributed by atoms with Gasteiger partial charge in [-0.2, -0.15) is 0 Å². The molecule has 2 N–H and O–H groups in total. The number of carbonyl (C=O) groups excluding carboxylic acids is 2. The zero-order valence-corrected chi connectivity index (χ0v) is 14.4. The van der Waals surface area contributed by atoms with Crippen LogP contribution in [0.3, 0.4) is 0 Å². The van der Waals surface area contributed by atoms with E-state index in [-0.39, 0.29) is 5.92 Å². The Labute approximate surface area is 143 Å². The first-order valence-corrected chi connectivity index (χ1v) is 8.27. The number of aryl methyl sites for hydroxylation is 1. The lowest BCUT2D eigenvalue weighted by molar-refractivity contribution is -0.136. The van der Waals surface area contributed by atoms with Crippen molar-refractivity contribution in [1.29, 1.82) is 0 Å². The summed E-state index contributed by atoms with van der Waals surface area (Å²) in [6.07, 6.45) is 0.976. The quantitative estimate of drug-likeness (QED) is 0.825. The predicted octanol–water partition coefficient (Wildman–Crippen LogP) is 3.63. The molecule has 24 heavy (non-hydrogen) atoms. The number of carbonyl (C=O) groups is 2. The summed E-state index contributed by atoms with van der Waals surface area (Å²) >= 11 is 0. The van der Waals surface area contributed by atoms with Crippen molar-refractivity contribution in [1.82, 2.24) is 5.32 Å². The van der Waals surface area contributed by atoms with Crippen LogP contribution in [0.25, 0.3) is 0 Å². The first-order chi connectivity index (χ1) is 11.5. The molecular weight excluding hydrogens is 300 g/mol. The maximum atomic E-state index is 12.1. The molecule has 4 heteroatoms. The molecule has 0 bridgehead atoms. The van der Waals surface area contributed by atoms with Gasteiger partial charge in [-0.05, 0) is 35.1 Å². The summed E-state index contributed by atoms with van der Waals surface area (Å²) in [5.41, 5.74) is 3.90. The number of hydrogen-bond acceptors (Lipinski definition) is 2. The molecule has 0 aliphatic heterocycles. The molecular formula is C20H24N2O2. The van der Waals surface area contributed by atoms with E-state index >= 15 is 0 Å². The van der Waals surface area contributed by atoms with Crippen LogP contribution in [0.5, 0.6) is 0 Å². The molecule has 0 aliphatic rings. The van der Waals surface area contributed by atoms with Crippen LogP contribution in [0, 0.1) is 0 Å². The highest BCUT2D eigenvalue weighted by molar-refractivity contribution is 6.39.